The SMILES string of the molecule is CCCCCCCCCCCCOc1cc(C[P+](c2ccccc2)(c2ccccc2)c2ccccc2)cc(OCCCCCCCCCCCC)c1OCCCCCCCCCCCC.[Cl-]. The third-order valence-corrected chi connectivity index (χ3v) is 17.7. The number of hydrogen-bond donors (Lipinski definition) is 0. The summed E-state index contributed by atoms with van der Waals surface area (Å²) < 4.78 is 20.6. The van der Waals surface area contributed by atoms with E-state index >= 15 is 0 Å². The maximum Gasteiger partial charge on any atom is 0.203 e. The molecule has 0 heterocycles. The second-order valence-electron chi connectivity index (χ2n) is 19.0. The van der Waals surface area contributed by atoms with E-state index in [4.69, 9.17) is 14.2 Å². The Kier molecular flexibility index (Phi) is 32.9. The zero-order chi connectivity index (χ0) is 45.7. The van der Waals surface area contributed by atoms with Crippen molar-refractivity contribution in [1.82, 2.24) is 0 Å². The molecule has 0 unspecified atom stereocenters. The van der Waals surface area contributed by atoms with Crippen LogP contribution in [0.5, 0.6) is 17.2 Å². The number of ether oxygens (including phenoxy) is 3. The van der Waals surface area contributed by atoms with Gasteiger partial charge in [0.1, 0.15) is 23.2 Å². The van der Waals surface area contributed by atoms with E-state index in [1.807, 2.05) is 0 Å². The van der Waals surface area contributed by atoms with Crippen molar-refractivity contribution in [2.24, 2.45) is 0 Å². The smallest absolute Gasteiger partial charge is 0.203 e. The van der Waals surface area contributed by atoms with E-state index < -0.39 is 7.26 Å². The molecule has 0 aliphatic rings. The van der Waals surface area contributed by atoms with E-state index in [-0.39, 0.29) is 12.4 Å². The molecular weight excluding hydrogens is 847 g/mol. The Labute approximate surface area is 413 Å². The second kappa shape index (κ2) is 37.9. The fourth-order valence-corrected chi connectivity index (χ4v) is 13.6. The van der Waals surface area contributed by atoms with Crippen LogP contribution in [0, 0.1) is 0 Å². The molecule has 0 saturated heterocycles. The van der Waals surface area contributed by atoms with Crippen LogP contribution in [0.4, 0.5) is 0 Å². The first-order chi connectivity index (χ1) is 32.2. The predicted octanol–water partition coefficient (Wildman–Crippen LogP) is 15.1. The summed E-state index contributed by atoms with van der Waals surface area (Å²) in [5.41, 5.74) is 1.25. The highest BCUT2D eigenvalue weighted by atomic mass is 35.5. The van der Waals surface area contributed by atoms with E-state index in [0.29, 0.717) is 19.8 Å². The van der Waals surface area contributed by atoms with Crippen LogP contribution in [0.2, 0.25) is 0 Å². The molecule has 5 heteroatoms. The molecule has 3 nitrogen and oxygen atoms in total. The molecule has 0 radical (unpaired) electrons. The normalized spacial score (nSPS) is 11.4. The molecule has 4 rings (SSSR count). The van der Waals surface area contributed by atoms with Gasteiger partial charge in [0.15, 0.2) is 11.5 Å². The molecule has 0 aromatic heterocycles. The van der Waals surface area contributed by atoms with Gasteiger partial charge in [0, 0.05) is 0 Å². The maximum atomic E-state index is 6.89. The van der Waals surface area contributed by atoms with Crippen molar-refractivity contribution >= 4 is 23.2 Å². The van der Waals surface area contributed by atoms with Crippen LogP contribution in [-0.2, 0) is 6.16 Å². The van der Waals surface area contributed by atoms with Gasteiger partial charge in [0.05, 0.1) is 26.0 Å². The lowest BCUT2D eigenvalue weighted by Gasteiger charge is -2.28. The Hall–Kier alpha value is -3.00. The van der Waals surface area contributed by atoms with Gasteiger partial charge in [0.25, 0.3) is 0 Å². The van der Waals surface area contributed by atoms with Crippen molar-refractivity contribution < 1.29 is 26.6 Å². The first-order valence-electron chi connectivity index (χ1n) is 27.3. The molecule has 0 spiro atoms. The lowest BCUT2D eigenvalue weighted by Crippen LogP contribution is -3.00. The summed E-state index contributed by atoms with van der Waals surface area (Å²) in [5.74, 6) is 2.53. The standard InChI is InChI=1S/C61H94O3P.ClH/c1-4-7-10-13-16-19-22-25-28-40-49-62-59-52-55(54-65(56-43-34-31-35-44-56,57-45-36-32-37-46-57)58-47-38-33-39-48-58)53-60(63-50-41-29-26-23-20-17-14-11-8-5-2)61(59)64-51-42-30-27-24-21-18-15-12-9-6-3;/h31-39,43-48,52-53H,4-30,40-42,49-51,54H2,1-3H3;1H/q+1;/p-1. The van der Waals surface area contributed by atoms with Gasteiger partial charge in [-0.15, -0.1) is 0 Å². The molecule has 0 atom stereocenters. The van der Waals surface area contributed by atoms with Gasteiger partial charge >= 0.3 is 0 Å². The Morgan fingerprint density at radius 3 is 0.864 bits per heavy atom. The molecule has 4 aromatic carbocycles. The zero-order valence-corrected chi connectivity index (χ0v) is 44.1. The fourth-order valence-electron chi connectivity index (χ4n) is 9.43. The number of unbranched alkanes of at least 4 members (excludes halogenated alkanes) is 27. The van der Waals surface area contributed by atoms with Crippen LogP contribution in [0.25, 0.3) is 0 Å². The lowest BCUT2D eigenvalue weighted by atomic mass is 10.1. The summed E-state index contributed by atoms with van der Waals surface area (Å²) in [6, 6.07) is 38.4. The van der Waals surface area contributed by atoms with Crippen LogP contribution < -0.4 is 42.5 Å². The summed E-state index contributed by atoms with van der Waals surface area (Å²) in [6.45, 7) is 8.98. The molecule has 0 aliphatic carbocycles. The summed E-state index contributed by atoms with van der Waals surface area (Å²) in [7, 11) is -2.14. The van der Waals surface area contributed by atoms with Gasteiger partial charge in [-0.25, -0.2) is 0 Å². The fraction of sp³-hybridized carbons (Fsp3) is 0.607. The van der Waals surface area contributed by atoms with Gasteiger partial charge in [-0.3, -0.25) is 0 Å². The monoisotopic (exact) mass is 941 g/mol. The van der Waals surface area contributed by atoms with Crippen molar-refractivity contribution in [3.05, 3.63) is 109 Å². The molecule has 0 saturated carbocycles. The number of hydrogen-bond acceptors (Lipinski definition) is 3. The summed E-state index contributed by atoms with van der Waals surface area (Å²) >= 11 is 0. The van der Waals surface area contributed by atoms with E-state index in [1.165, 1.54) is 195 Å². The molecule has 4 aromatic rings. The van der Waals surface area contributed by atoms with Crippen LogP contribution >= 0.6 is 7.26 Å². The topological polar surface area (TPSA) is 27.7 Å². The van der Waals surface area contributed by atoms with Gasteiger partial charge in [0.2, 0.25) is 5.75 Å². The Morgan fingerprint density at radius 1 is 0.318 bits per heavy atom. The van der Waals surface area contributed by atoms with Gasteiger partial charge in [-0.2, -0.15) is 0 Å². The molecule has 0 fully saturated rings. The average Bonchev–Trinajstić information content (AvgIpc) is 3.34. The Bertz CT molecular complexity index is 1560. The van der Waals surface area contributed by atoms with Crippen LogP contribution in [0.1, 0.15) is 219 Å². The molecule has 66 heavy (non-hydrogen) atoms. The highest BCUT2D eigenvalue weighted by Crippen LogP contribution is 2.59. The van der Waals surface area contributed by atoms with Crippen molar-refractivity contribution in [2.75, 3.05) is 19.8 Å². The summed E-state index contributed by atoms with van der Waals surface area (Å²) in [4.78, 5) is 0. The Balaban J connectivity index is 0.0000116. The van der Waals surface area contributed by atoms with Gasteiger partial charge < -0.3 is 26.6 Å². The molecule has 368 valence electrons. The van der Waals surface area contributed by atoms with Crippen molar-refractivity contribution in [3.63, 3.8) is 0 Å². The molecule has 0 bridgehead atoms. The minimum Gasteiger partial charge on any atom is -1.00 e. The third-order valence-electron chi connectivity index (χ3n) is 13.3. The largest absolute Gasteiger partial charge is 1.00 e. The third kappa shape index (κ3) is 22.4. The lowest BCUT2D eigenvalue weighted by molar-refractivity contribution is -0.0000148. The first kappa shape index (κ1) is 57.3. The van der Waals surface area contributed by atoms with E-state index in [1.54, 1.807) is 0 Å². The van der Waals surface area contributed by atoms with E-state index in [0.717, 1.165) is 42.7 Å². The van der Waals surface area contributed by atoms with Crippen molar-refractivity contribution in [3.8, 4) is 17.2 Å². The van der Waals surface area contributed by atoms with E-state index in [2.05, 4.69) is 124 Å². The quantitative estimate of drug-likeness (QED) is 0.0328. The minimum absolute atomic E-state index is 0. The minimum atomic E-state index is -2.14. The van der Waals surface area contributed by atoms with Crippen LogP contribution in [-0.4, -0.2) is 19.8 Å². The number of benzene rings is 4. The predicted molar refractivity (Wildman–Crippen MR) is 287 cm³/mol. The average molecular weight is 942 g/mol. The highest BCUT2D eigenvalue weighted by molar-refractivity contribution is 7.95. The van der Waals surface area contributed by atoms with Crippen LogP contribution in [0.3, 0.4) is 0 Å². The summed E-state index contributed by atoms with van der Waals surface area (Å²) in [6.07, 6.45) is 40.1. The zero-order valence-electron chi connectivity index (χ0n) is 42.4. The number of rotatable bonds is 41. The van der Waals surface area contributed by atoms with Crippen molar-refractivity contribution in [1.29, 1.82) is 0 Å². The number of halogens is 1. The van der Waals surface area contributed by atoms with Gasteiger partial charge in [-0.1, -0.05) is 249 Å². The molecule has 0 N–H and O–H groups in total. The van der Waals surface area contributed by atoms with Gasteiger partial charge in [-0.05, 0) is 73.4 Å². The molecule has 0 amide bonds. The van der Waals surface area contributed by atoms with E-state index in [9.17, 15) is 0 Å². The van der Waals surface area contributed by atoms with Crippen molar-refractivity contribution in [2.45, 2.75) is 220 Å². The molecular formula is C61H94ClO3P. The summed E-state index contributed by atoms with van der Waals surface area (Å²) in [5, 5.41) is 4.16. The van der Waals surface area contributed by atoms with Crippen LogP contribution in [0.15, 0.2) is 103 Å². The second-order valence-corrected chi connectivity index (χ2v) is 22.5. The Morgan fingerprint density at radius 2 is 0.576 bits per heavy atom. The molecule has 0 aliphatic heterocycles. The highest BCUT2D eigenvalue weighted by Gasteiger charge is 2.45. The first-order valence-corrected chi connectivity index (χ1v) is 29.3. The maximum absolute atomic E-state index is 6.89.